The molecular weight excluding hydrogens is 362 g/mol. The number of esters is 1. The molecule has 0 amide bonds. The molecule has 27 heavy (non-hydrogen) atoms. The molecule has 0 unspecified atom stereocenters. The number of H-pyrrole nitrogens is 1. The molecule has 3 rings (SSSR count). The Kier molecular flexibility index (Phi) is 5.72. The smallest absolute Gasteiger partial charge is 0.348 e. The van der Waals surface area contributed by atoms with Crippen LogP contribution >= 0.6 is 11.3 Å². The number of rotatable bonds is 6. The number of nitrogens with two attached hydrogens (primary N) is 1. The number of nitrogens with zero attached hydrogens (tertiary/aromatic N) is 1. The second-order valence-electron chi connectivity index (χ2n) is 6.86. The Morgan fingerprint density at radius 2 is 2.00 bits per heavy atom. The Morgan fingerprint density at radius 1 is 1.30 bits per heavy atom. The van der Waals surface area contributed by atoms with E-state index in [1.54, 1.807) is 6.92 Å². The van der Waals surface area contributed by atoms with Crippen LogP contribution in [0.1, 0.15) is 46.5 Å². The van der Waals surface area contributed by atoms with Crippen molar-refractivity contribution in [2.45, 2.75) is 33.4 Å². The molecule has 0 aliphatic heterocycles. The van der Waals surface area contributed by atoms with Gasteiger partial charge in [0.05, 0.1) is 12.5 Å². The van der Waals surface area contributed by atoms with E-state index in [0.29, 0.717) is 38.9 Å². The van der Waals surface area contributed by atoms with Gasteiger partial charge in [0.25, 0.3) is 5.56 Å². The van der Waals surface area contributed by atoms with Gasteiger partial charge in [-0.25, -0.2) is 9.78 Å². The Bertz CT molecular complexity index is 1010. The van der Waals surface area contributed by atoms with Crippen LogP contribution in [0.5, 0.6) is 0 Å². The molecule has 2 heterocycles. The van der Waals surface area contributed by atoms with Gasteiger partial charge < -0.3 is 15.0 Å². The topological polar surface area (TPSA) is 88.7 Å². The number of quaternary nitrogens is 1. The van der Waals surface area contributed by atoms with Gasteiger partial charge in [-0.3, -0.25) is 4.79 Å². The average molecular weight is 386 g/mol. The van der Waals surface area contributed by atoms with Crippen molar-refractivity contribution in [1.82, 2.24) is 9.97 Å². The first kappa shape index (κ1) is 19.3. The molecule has 0 bridgehead atoms. The van der Waals surface area contributed by atoms with Crippen molar-refractivity contribution in [3.63, 3.8) is 0 Å². The average Bonchev–Trinajstić information content (AvgIpc) is 2.99. The van der Waals surface area contributed by atoms with Crippen molar-refractivity contribution >= 4 is 27.5 Å². The lowest BCUT2D eigenvalue weighted by molar-refractivity contribution is -0.718. The van der Waals surface area contributed by atoms with E-state index in [1.807, 2.05) is 18.2 Å². The lowest BCUT2D eigenvalue weighted by Gasteiger charge is -2.19. The van der Waals surface area contributed by atoms with Gasteiger partial charge >= 0.3 is 5.97 Å². The predicted molar refractivity (Wildman–Crippen MR) is 106 cm³/mol. The number of thiophene rings is 1. The predicted octanol–water partition coefficient (Wildman–Crippen LogP) is 2.54. The fraction of sp³-hybridized carbons (Fsp3) is 0.350. The van der Waals surface area contributed by atoms with Crippen molar-refractivity contribution in [3.8, 4) is 0 Å². The number of hydrogen-bond donors (Lipinski definition) is 2. The molecule has 0 spiro atoms. The van der Waals surface area contributed by atoms with Crippen LogP contribution in [0.25, 0.3) is 10.2 Å². The first-order valence-corrected chi connectivity index (χ1v) is 9.73. The van der Waals surface area contributed by atoms with Crippen molar-refractivity contribution in [2.75, 3.05) is 7.11 Å². The van der Waals surface area contributed by atoms with Crippen molar-refractivity contribution in [2.24, 2.45) is 5.92 Å². The van der Waals surface area contributed by atoms with Crippen LogP contribution in [0.3, 0.4) is 0 Å². The molecule has 3 aromatic rings. The van der Waals surface area contributed by atoms with E-state index in [9.17, 15) is 9.59 Å². The highest BCUT2D eigenvalue weighted by molar-refractivity contribution is 7.20. The van der Waals surface area contributed by atoms with E-state index in [-0.39, 0.29) is 11.6 Å². The van der Waals surface area contributed by atoms with Crippen LogP contribution in [0.4, 0.5) is 0 Å². The summed E-state index contributed by atoms with van der Waals surface area (Å²) in [5.41, 5.74) is 1.65. The minimum atomic E-state index is -0.438. The van der Waals surface area contributed by atoms with Crippen LogP contribution in [0.2, 0.25) is 0 Å². The summed E-state index contributed by atoms with van der Waals surface area (Å²) in [4.78, 5) is 32.9. The quantitative estimate of drug-likeness (QED) is 0.637. The minimum Gasteiger partial charge on any atom is -0.465 e. The molecule has 0 aliphatic rings. The maximum atomic E-state index is 12.5. The maximum absolute atomic E-state index is 12.5. The van der Waals surface area contributed by atoms with E-state index >= 15 is 0 Å². The third-order valence-electron chi connectivity index (χ3n) is 4.69. The fourth-order valence-corrected chi connectivity index (χ4v) is 4.40. The second kappa shape index (κ2) is 8.02. The highest BCUT2D eigenvalue weighted by Crippen LogP contribution is 2.27. The standard InChI is InChI=1S/C20H23N3O3S/c1-11(2)16(13-8-6-5-7-9-13)21-10-14-22-18(24)15-12(3)17(20(25)26-4)27-19(15)23-14/h5-9,11,16,21H,10H2,1-4H3,(H,22,23,24)/p+1/t16-/m0/s1. The first-order valence-electron chi connectivity index (χ1n) is 8.91. The van der Waals surface area contributed by atoms with Crippen LogP contribution in [0, 0.1) is 12.8 Å². The molecule has 6 nitrogen and oxygen atoms in total. The Labute approximate surface area is 161 Å². The van der Waals surface area contributed by atoms with E-state index in [2.05, 4.69) is 41.3 Å². The van der Waals surface area contributed by atoms with Crippen LogP contribution in [0.15, 0.2) is 35.1 Å². The summed E-state index contributed by atoms with van der Waals surface area (Å²) >= 11 is 1.20. The van der Waals surface area contributed by atoms with Gasteiger partial charge in [-0.2, -0.15) is 0 Å². The lowest BCUT2D eigenvalue weighted by Crippen LogP contribution is -2.85. The third-order valence-corrected chi connectivity index (χ3v) is 5.85. The van der Waals surface area contributed by atoms with Gasteiger partial charge in [0, 0.05) is 11.5 Å². The highest BCUT2D eigenvalue weighted by Gasteiger charge is 2.22. The number of aromatic nitrogens is 2. The maximum Gasteiger partial charge on any atom is 0.348 e. The summed E-state index contributed by atoms with van der Waals surface area (Å²) in [6.07, 6.45) is 0. The number of ether oxygens (including phenoxy) is 1. The van der Waals surface area contributed by atoms with Crippen LogP contribution in [-0.4, -0.2) is 23.0 Å². The normalized spacial score (nSPS) is 12.5. The zero-order valence-electron chi connectivity index (χ0n) is 15.9. The Balaban J connectivity index is 1.89. The molecule has 2 aromatic heterocycles. The molecule has 142 valence electrons. The summed E-state index contributed by atoms with van der Waals surface area (Å²) < 4.78 is 4.80. The van der Waals surface area contributed by atoms with Crippen molar-refractivity contribution < 1.29 is 14.8 Å². The summed E-state index contributed by atoms with van der Waals surface area (Å²) in [5.74, 6) is 0.594. The number of hydrogen-bond acceptors (Lipinski definition) is 5. The Morgan fingerprint density at radius 3 is 2.63 bits per heavy atom. The zero-order valence-corrected chi connectivity index (χ0v) is 16.7. The van der Waals surface area contributed by atoms with Crippen molar-refractivity contribution in [1.29, 1.82) is 0 Å². The lowest BCUT2D eigenvalue weighted by atomic mass is 9.96. The molecule has 0 saturated heterocycles. The van der Waals surface area contributed by atoms with Gasteiger partial charge in [-0.15, -0.1) is 11.3 Å². The van der Waals surface area contributed by atoms with Gasteiger partial charge in [-0.1, -0.05) is 44.2 Å². The Hall–Kier alpha value is -2.51. The number of aromatic amines is 1. The van der Waals surface area contributed by atoms with E-state index < -0.39 is 5.97 Å². The molecule has 1 atom stereocenters. The summed E-state index contributed by atoms with van der Waals surface area (Å²) in [6, 6.07) is 10.6. The van der Waals surface area contributed by atoms with Crippen LogP contribution < -0.4 is 10.9 Å². The number of methoxy groups -OCH3 is 1. The molecule has 0 radical (unpaired) electrons. The molecule has 3 N–H and O–H groups in total. The SMILES string of the molecule is COC(=O)c1sc2nc(C[NH2+][C@H](c3ccccc3)C(C)C)[nH]c(=O)c2c1C. The number of fused-ring (bicyclic) bond motifs is 1. The highest BCUT2D eigenvalue weighted by atomic mass is 32.1. The van der Waals surface area contributed by atoms with Gasteiger partial charge in [0.2, 0.25) is 0 Å². The van der Waals surface area contributed by atoms with E-state index in [1.165, 1.54) is 24.0 Å². The van der Waals surface area contributed by atoms with E-state index in [0.717, 1.165) is 0 Å². The summed E-state index contributed by atoms with van der Waals surface area (Å²) in [5, 5.41) is 2.65. The van der Waals surface area contributed by atoms with Gasteiger partial charge in [0.1, 0.15) is 22.3 Å². The first-order chi connectivity index (χ1) is 12.9. The number of carbonyl (C=O) groups is 1. The molecular formula is C20H24N3O3S+. The molecule has 7 heteroatoms. The van der Waals surface area contributed by atoms with E-state index in [4.69, 9.17) is 4.74 Å². The van der Waals surface area contributed by atoms with Crippen molar-refractivity contribution in [3.05, 3.63) is 62.5 Å². The number of aryl methyl sites for hydroxylation is 1. The zero-order chi connectivity index (χ0) is 19.6. The number of carbonyl (C=O) groups excluding carboxylic acids is 1. The minimum absolute atomic E-state index is 0.215. The largest absolute Gasteiger partial charge is 0.465 e. The molecule has 1 aromatic carbocycles. The number of benzene rings is 1. The van der Waals surface area contributed by atoms with Crippen LogP contribution in [-0.2, 0) is 11.3 Å². The van der Waals surface area contributed by atoms with Gasteiger partial charge in [0.15, 0.2) is 5.82 Å². The molecule has 0 fully saturated rings. The second-order valence-corrected chi connectivity index (χ2v) is 7.86. The molecule has 0 saturated carbocycles. The third kappa shape index (κ3) is 3.94. The summed E-state index contributed by atoms with van der Waals surface area (Å²) in [6.45, 7) is 6.66. The monoisotopic (exact) mass is 386 g/mol. The molecule has 0 aliphatic carbocycles. The van der Waals surface area contributed by atoms with Gasteiger partial charge in [-0.05, 0) is 12.5 Å². The summed E-state index contributed by atoms with van der Waals surface area (Å²) in [7, 11) is 1.33. The fourth-order valence-electron chi connectivity index (χ4n) is 3.28. The number of nitrogens with one attached hydrogen (secondary N) is 1.